The quantitative estimate of drug-likeness (QED) is 0.582. The average Bonchev–Trinajstić information content (AvgIpc) is 3.33. The van der Waals surface area contributed by atoms with Gasteiger partial charge in [0.2, 0.25) is 0 Å². The van der Waals surface area contributed by atoms with E-state index in [0.29, 0.717) is 12.5 Å². The van der Waals surface area contributed by atoms with Crippen LogP contribution in [0.25, 0.3) is 0 Å². The molecule has 0 bridgehead atoms. The maximum atomic E-state index is 5.82. The summed E-state index contributed by atoms with van der Waals surface area (Å²) in [5, 5.41) is 3.99. The molecule has 6 nitrogen and oxygen atoms in total. The van der Waals surface area contributed by atoms with Crippen LogP contribution in [-0.4, -0.2) is 41.3 Å². The molecule has 6 heteroatoms. The molecule has 0 saturated carbocycles. The van der Waals surface area contributed by atoms with E-state index < -0.39 is 0 Å². The Labute approximate surface area is 171 Å². The highest BCUT2D eigenvalue weighted by Crippen LogP contribution is 2.26. The van der Waals surface area contributed by atoms with Crippen LogP contribution in [0.5, 0.6) is 5.75 Å². The molecule has 152 valence electrons. The van der Waals surface area contributed by atoms with Crippen molar-refractivity contribution in [2.75, 3.05) is 20.2 Å². The maximum absolute atomic E-state index is 5.82. The van der Waals surface area contributed by atoms with E-state index in [9.17, 15) is 0 Å². The minimum atomic E-state index is 0.210. The molecule has 2 aromatic heterocycles. The first-order valence-electron chi connectivity index (χ1n) is 9.98. The standard InChI is InChI=1S/C23H27N3O3/c1-17-11-22(29-25-17)12-19-14-26(15-23(19)27-2)13-18-6-8-21(9-7-18)28-16-20-5-3-4-10-24-20/h3-11,19,23H,12-16H2,1-2H3/t19-,23+/m1/s1. The first-order valence-corrected chi connectivity index (χ1v) is 9.98. The Bertz CT molecular complexity index is 895. The normalized spacial score (nSPS) is 19.5. The summed E-state index contributed by atoms with van der Waals surface area (Å²) in [4.78, 5) is 6.72. The van der Waals surface area contributed by atoms with Gasteiger partial charge in [-0.15, -0.1) is 0 Å². The monoisotopic (exact) mass is 393 g/mol. The van der Waals surface area contributed by atoms with E-state index in [1.807, 2.05) is 43.3 Å². The Morgan fingerprint density at radius 2 is 2.00 bits per heavy atom. The lowest BCUT2D eigenvalue weighted by molar-refractivity contribution is 0.0761. The lowest BCUT2D eigenvalue weighted by Crippen LogP contribution is -2.23. The molecule has 2 atom stereocenters. The summed E-state index contributed by atoms with van der Waals surface area (Å²) in [5.41, 5.74) is 3.11. The number of likely N-dealkylation sites (tertiary alicyclic amines) is 1. The van der Waals surface area contributed by atoms with Crippen molar-refractivity contribution in [3.05, 3.63) is 77.4 Å². The van der Waals surface area contributed by atoms with Crippen LogP contribution in [0.1, 0.15) is 22.7 Å². The molecule has 29 heavy (non-hydrogen) atoms. The van der Waals surface area contributed by atoms with Crippen LogP contribution in [-0.2, 0) is 24.3 Å². The molecule has 3 heterocycles. The summed E-state index contributed by atoms with van der Waals surface area (Å²) in [6.45, 7) is 5.23. The van der Waals surface area contributed by atoms with Gasteiger partial charge in [-0.2, -0.15) is 0 Å². The number of methoxy groups -OCH3 is 1. The Balaban J connectivity index is 1.30. The van der Waals surface area contributed by atoms with Crippen LogP contribution in [0, 0.1) is 12.8 Å². The highest BCUT2D eigenvalue weighted by molar-refractivity contribution is 5.27. The minimum Gasteiger partial charge on any atom is -0.487 e. The molecule has 1 fully saturated rings. The van der Waals surface area contributed by atoms with Gasteiger partial charge in [-0.1, -0.05) is 23.4 Å². The number of rotatable bonds is 8. The zero-order chi connectivity index (χ0) is 20.1. The minimum absolute atomic E-state index is 0.210. The molecule has 0 amide bonds. The van der Waals surface area contributed by atoms with Crippen molar-refractivity contribution in [3.63, 3.8) is 0 Å². The molecule has 0 N–H and O–H groups in total. The zero-order valence-electron chi connectivity index (χ0n) is 17.0. The topological polar surface area (TPSA) is 60.6 Å². The summed E-state index contributed by atoms with van der Waals surface area (Å²) in [6, 6.07) is 16.2. The number of hydrogen-bond acceptors (Lipinski definition) is 6. The van der Waals surface area contributed by atoms with Crippen LogP contribution in [0.15, 0.2) is 59.3 Å². The molecule has 1 saturated heterocycles. The molecular weight excluding hydrogens is 366 g/mol. The molecule has 0 aliphatic carbocycles. The molecule has 4 rings (SSSR count). The van der Waals surface area contributed by atoms with E-state index in [2.05, 4.69) is 27.2 Å². The smallest absolute Gasteiger partial charge is 0.137 e. The first-order chi connectivity index (χ1) is 14.2. The predicted octanol–water partition coefficient (Wildman–Crippen LogP) is 3.65. The van der Waals surface area contributed by atoms with Gasteiger partial charge in [0.1, 0.15) is 18.1 Å². The fourth-order valence-corrected chi connectivity index (χ4v) is 3.88. The van der Waals surface area contributed by atoms with Crippen LogP contribution in [0.3, 0.4) is 0 Å². The second-order valence-electron chi connectivity index (χ2n) is 7.62. The SMILES string of the molecule is CO[C@H]1CN(Cc2ccc(OCc3ccccn3)cc2)C[C@H]1Cc1cc(C)no1. The van der Waals surface area contributed by atoms with Gasteiger partial charge >= 0.3 is 0 Å². The Morgan fingerprint density at radius 3 is 2.69 bits per heavy atom. The number of pyridine rings is 1. The fraction of sp³-hybridized carbons (Fsp3) is 0.391. The predicted molar refractivity (Wildman–Crippen MR) is 110 cm³/mol. The number of hydrogen-bond donors (Lipinski definition) is 0. The Morgan fingerprint density at radius 1 is 1.14 bits per heavy atom. The number of benzene rings is 1. The molecule has 0 radical (unpaired) electrons. The number of aryl methyl sites for hydroxylation is 1. The van der Waals surface area contributed by atoms with Gasteiger partial charge in [-0.05, 0) is 36.8 Å². The highest BCUT2D eigenvalue weighted by atomic mass is 16.5. The summed E-state index contributed by atoms with van der Waals surface area (Å²) >= 11 is 0. The van der Waals surface area contributed by atoms with Crippen LogP contribution in [0.4, 0.5) is 0 Å². The maximum Gasteiger partial charge on any atom is 0.137 e. The van der Waals surface area contributed by atoms with Gasteiger partial charge < -0.3 is 14.0 Å². The molecule has 1 aromatic carbocycles. The zero-order valence-corrected chi connectivity index (χ0v) is 17.0. The molecular formula is C23H27N3O3. The van der Waals surface area contributed by atoms with E-state index in [4.69, 9.17) is 14.0 Å². The van der Waals surface area contributed by atoms with Crippen molar-refractivity contribution in [3.8, 4) is 5.75 Å². The lowest BCUT2D eigenvalue weighted by atomic mass is 10.0. The molecule has 3 aromatic rings. The first kappa shape index (κ1) is 19.6. The second-order valence-corrected chi connectivity index (χ2v) is 7.62. The molecule has 1 aliphatic rings. The number of ether oxygens (including phenoxy) is 2. The van der Waals surface area contributed by atoms with E-state index in [-0.39, 0.29) is 6.10 Å². The highest BCUT2D eigenvalue weighted by Gasteiger charge is 2.33. The van der Waals surface area contributed by atoms with Gasteiger partial charge in [0.15, 0.2) is 0 Å². The lowest BCUT2D eigenvalue weighted by Gasteiger charge is -2.16. The van der Waals surface area contributed by atoms with Crippen LogP contribution in [0.2, 0.25) is 0 Å². The molecule has 0 unspecified atom stereocenters. The van der Waals surface area contributed by atoms with Gasteiger partial charge in [-0.3, -0.25) is 9.88 Å². The van der Waals surface area contributed by atoms with Crippen molar-refractivity contribution in [1.82, 2.24) is 15.0 Å². The third-order valence-electron chi connectivity index (χ3n) is 5.34. The van der Waals surface area contributed by atoms with Gasteiger partial charge in [0, 0.05) is 51.3 Å². The van der Waals surface area contributed by atoms with Crippen molar-refractivity contribution >= 4 is 0 Å². The van der Waals surface area contributed by atoms with Crippen molar-refractivity contribution in [1.29, 1.82) is 0 Å². The summed E-state index contributed by atoms with van der Waals surface area (Å²) in [7, 11) is 1.79. The van der Waals surface area contributed by atoms with Gasteiger partial charge in [0.25, 0.3) is 0 Å². The molecule has 0 spiro atoms. The average molecular weight is 393 g/mol. The third kappa shape index (κ3) is 5.22. The number of nitrogens with zero attached hydrogens (tertiary/aromatic N) is 3. The van der Waals surface area contributed by atoms with Crippen molar-refractivity contribution in [2.45, 2.75) is 32.6 Å². The van der Waals surface area contributed by atoms with Gasteiger partial charge in [0.05, 0.1) is 17.5 Å². The largest absolute Gasteiger partial charge is 0.487 e. The number of aromatic nitrogens is 2. The third-order valence-corrected chi connectivity index (χ3v) is 5.34. The Hall–Kier alpha value is -2.70. The fourth-order valence-electron chi connectivity index (χ4n) is 3.88. The van der Waals surface area contributed by atoms with Gasteiger partial charge in [-0.25, -0.2) is 0 Å². The van der Waals surface area contributed by atoms with Crippen molar-refractivity contribution in [2.24, 2.45) is 5.92 Å². The molecule has 1 aliphatic heterocycles. The Kier molecular flexibility index (Phi) is 6.22. The van der Waals surface area contributed by atoms with Crippen LogP contribution >= 0.6 is 0 Å². The van der Waals surface area contributed by atoms with E-state index in [1.165, 1.54) is 5.56 Å². The summed E-state index contributed by atoms with van der Waals surface area (Å²) in [5.74, 6) is 2.20. The van der Waals surface area contributed by atoms with Crippen molar-refractivity contribution < 1.29 is 14.0 Å². The summed E-state index contributed by atoms with van der Waals surface area (Å²) < 4.78 is 17.0. The second kappa shape index (κ2) is 9.20. The summed E-state index contributed by atoms with van der Waals surface area (Å²) in [6.07, 6.45) is 2.85. The van der Waals surface area contributed by atoms with E-state index in [1.54, 1.807) is 13.3 Å². The van der Waals surface area contributed by atoms with Crippen LogP contribution < -0.4 is 4.74 Å². The van der Waals surface area contributed by atoms with E-state index in [0.717, 1.165) is 49.0 Å². The van der Waals surface area contributed by atoms with E-state index >= 15 is 0 Å².